The Kier molecular flexibility index (Phi) is 7.45. The highest BCUT2D eigenvalue weighted by Crippen LogP contribution is 2.26. The number of carbonyl (C=O) groups is 2. The normalized spacial score (nSPS) is 11.5. The third-order valence-electron chi connectivity index (χ3n) is 3.38. The van der Waals surface area contributed by atoms with Crippen LogP contribution in [0.25, 0.3) is 0 Å². The lowest BCUT2D eigenvalue weighted by Crippen LogP contribution is -2.34. The number of nitrogens with zero attached hydrogens (tertiary/aromatic N) is 1. The van der Waals surface area contributed by atoms with Crippen molar-refractivity contribution in [2.45, 2.75) is 5.25 Å². The molecule has 0 atom stereocenters. The van der Waals surface area contributed by atoms with Crippen molar-refractivity contribution < 1.29 is 45.7 Å². The number of halogens is 3. The van der Waals surface area contributed by atoms with Gasteiger partial charge in [0.05, 0.1) is 16.6 Å². The maximum absolute atomic E-state index is 13.1. The van der Waals surface area contributed by atoms with E-state index in [1.165, 1.54) is 0 Å². The quantitative estimate of drug-likeness (QED) is 0.173. The van der Waals surface area contributed by atoms with Crippen LogP contribution in [0.5, 0.6) is 5.75 Å². The van der Waals surface area contributed by atoms with Crippen LogP contribution >= 0.6 is 22.6 Å². The summed E-state index contributed by atoms with van der Waals surface area (Å²) in [6.07, 6.45) is -1.08. The molecule has 0 radical (unpaired) electrons. The van der Waals surface area contributed by atoms with E-state index < -0.39 is 56.0 Å². The fraction of sp³-hybridized carbons (Fsp3) is 0.125. The number of amides is 1. The van der Waals surface area contributed by atoms with Gasteiger partial charge < -0.3 is 14.0 Å². The molecule has 0 aromatic heterocycles. The molecule has 0 unspecified atom stereocenters. The Hall–Kier alpha value is -2.92. The molecule has 2 aromatic carbocycles. The first-order chi connectivity index (χ1) is 14.3. The predicted molar refractivity (Wildman–Crippen MR) is 107 cm³/mol. The molecule has 15 heteroatoms. The largest absolute Gasteiger partial charge is 0.743 e. The molecule has 1 amide bonds. The number of nitrogens with one attached hydrogen (secondary N) is 1. The highest BCUT2D eigenvalue weighted by molar-refractivity contribution is 14.1. The van der Waals surface area contributed by atoms with Gasteiger partial charge in [-0.25, -0.2) is 18.0 Å². The zero-order valence-corrected chi connectivity index (χ0v) is 17.9. The van der Waals surface area contributed by atoms with E-state index in [0.29, 0.717) is 11.8 Å². The summed E-state index contributed by atoms with van der Waals surface area (Å²) >= 11 is 2.03. The number of nitro groups is 1. The Morgan fingerprint density at radius 1 is 1.16 bits per heavy atom. The highest BCUT2D eigenvalue weighted by Gasteiger charge is 2.39. The molecule has 2 rings (SSSR count). The Labute approximate surface area is 186 Å². The number of benzene rings is 2. The topological polar surface area (TPSA) is 165 Å². The summed E-state index contributed by atoms with van der Waals surface area (Å²) < 4.78 is 67.4. The molecule has 0 saturated carbocycles. The molecule has 0 saturated heterocycles. The lowest BCUT2D eigenvalue weighted by Gasteiger charge is -2.19. The number of non-ortho nitro benzene ring substituents is 1. The van der Waals surface area contributed by atoms with E-state index in [9.17, 15) is 41.5 Å². The summed E-state index contributed by atoms with van der Waals surface area (Å²) in [5.74, 6) is -2.12. The lowest BCUT2D eigenvalue weighted by atomic mass is 10.2. The molecular weight excluding hydrogens is 561 g/mol. The van der Waals surface area contributed by atoms with Crippen molar-refractivity contribution in [3.8, 4) is 5.75 Å². The average molecular weight is 571 g/mol. The van der Waals surface area contributed by atoms with E-state index in [0.717, 1.165) is 15.7 Å². The van der Waals surface area contributed by atoms with E-state index in [-0.39, 0.29) is 0 Å². The number of nitro benzene ring substituents is 1. The third kappa shape index (κ3) is 6.79. The number of anilines is 1. The summed E-state index contributed by atoms with van der Waals surface area (Å²) in [5, 5.41) is 8.46. The lowest BCUT2D eigenvalue weighted by molar-refractivity contribution is -0.384. The van der Waals surface area contributed by atoms with Crippen LogP contribution in [0, 0.1) is 13.7 Å². The molecule has 0 fully saturated rings. The number of carbonyl (C=O) groups excluding carboxylic acids is 2. The van der Waals surface area contributed by atoms with Gasteiger partial charge in [-0.05, 0) is 52.9 Å². The molecular formula is C16H10F2IN2O9S-. The second kappa shape index (κ2) is 9.48. The second-order valence-corrected chi connectivity index (χ2v) is 8.41. The van der Waals surface area contributed by atoms with Gasteiger partial charge in [-0.3, -0.25) is 15.4 Å². The van der Waals surface area contributed by atoms with Gasteiger partial charge in [-0.2, -0.15) is 8.78 Å². The molecule has 1 N–H and O–H groups in total. The highest BCUT2D eigenvalue weighted by atomic mass is 127. The van der Waals surface area contributed by atoms with Crippen LogP contribution in [0.15, 0.2) is 42.5 Å². The van der Waals surface area contributed by atoms with Crippen LogP contribution < -0.4 is 10.1 Å². The van der Waals surface area contributed by atoms with Crippen LogP contribution in [0.1, 0.15) is 10.4 Å². The van der Waals surface area contributed by atoms with E-state index in [2.05, 4.69) is 10.1 Å². The molecule has 0 heterocycles. The third-order valence-corrected chi connectivity index (χ3v) is 4.94. The number of alkyl halides is 2. The van der Waals surface area contributed by atoms with Crippen molar-refractivity contribution in [1.82, 2.24) is 0 Å². The van der Waals surface area contributed by atoms with Crippen LogP contribution in [-0.4, -0.2) is 41.8 Å². The summed E-state index contributed by atoms with van der Waals surface area (Å²) in [6.45, 7) is -2.11. The van der Waals surface area contributed by atoms with Crippen molar-refractivity contribution in [1.29, 1.82) is 0 Å². The Bertz CT molecular complexity index is 1120. The fourth-order valence-corrected chi connectivity index (χ4v) is 2.52. The summed E-state index contributed by atoms with van der Waals surface area (Å²) in [4.78, 5) is 34.0. The first-order valence-electron chi connectivity index (χ1n) is 7.83. The molecule has 0 aliphatic heterocycles. The Morgan fingerprint density at radius 2 is 1.77 bits per heavy atom. The molecule has 11 nitrogen and oxygen atoms in total. The van der Waals surface area contributed by atoms with Gasteiger partial charge in [-0.15, -0.1) is 0 Å². The van der Waals surface area contributed by atoms with Gasteiger partial charge >= 0.3 is 17.3 Å². The first kappa shape index (κ1) is 24.4. The number of esters is 1. The zero-order valence-electron chi connectivity index (χ0n) is 14.9. The number of hydrogen-bond acceptors (Lipinski definition) is 9. The van der Waals surface area contributed by atoms with E-state index in [1.54, 1.807) is 24.3 Å². The zero-order chi connectivity index (χ0) is 23.4. The minimum absolute atomic E-state index is 0.330. The fourth-order valence-electron chi connectivity index (χ4n) is 1.95. The van der Waals surface area contributed by atoms with Crippen molar-refractivity contribution in [3.05, 3.63) is 61.7 Å². The van der Waals surface area contributed by atoms with Crippen molar-refractivity contribution in [3.63, 3.8) is 0 Å². The first-order valence-corrected chi connectivity index (χ1v) is 10.3. The predicted octanol–water partition coefficient (Wildman–Crippen LogP) is 3.11. The average Bonchev–Trinajstić information content (AvgIpc) is 2.66. The summed E-state index contributed by atoms with van der Waals surface area (Å²) in [6, 6.07) is 8.61. The molecule has 2 aromatic rings. The monoisotopic (exact) mass is 571 g/mol. The molecule has 0 spiro atoms. The van der Waals surface area contributed by atoms with Crippen LogP contribution in [0.2, 0.25) is 0 Å². The number of ether oxygens (including phenoxy) is 2. The Balaban J connectivity index is 2.19. The van der Waals surface area contributed by atoms with Gasteiger partial charge in [0, 0.05) is 15.3 Å². The smallest absolute Gasteiger partial charge is 0.417 e. The molecule has 31 heavy (non-hydrogen) atoms. The summed E-state index contributed by atoms with van der Waals surface area (Å²) in [7, 11) is -6.11. The molecule has 0 bridgehead atoms. The number of hydrogen-bond donors (Lipinski definition) is 1. The molecule has 0 aliphatic rings. The van der Waals surface area contributed by atoms with Crippen LogP contribution in [-0.2, 0) is 14.9 Å². The molecule has 0 aliphatic carbocycles. The minimum Gasteiger partial charge on any atom is -0.743 e. The van der Waals surface area contributed by atoms with Crippen LogP contribution in [0.4, 0.5) is 25.0 Å². The van der Waals surface area contributed by atoms with Gasteiger partial charge in [0.2, 0.25) is 0 Å². The van der Waals surface area contributed by atoms with Crippen molar-refractivity contribution in [2.24, 2.45) is 0 Å². The summed E-state index contributed by atoms with van der Waals surface area (Å²) in [5.41, 5.74) is -1.13. The van der Waals surface area contributed by atoms with Crippen molar-refractivity contribution in [2.75, 3.05) is 11.9 Å². The van der Waals surface area contributed by atoms with Crippen LogP contribution in [0.3, 0.4) is 0 Å². The Morgan fingerprint density at radius 3 is 2.32 bits per heavy atom. The molecule has 166 valence electrons. The van der Waals surface area contributed by atoms with Gasteiger partial charge in [-0.1, -0.05) is 0 Å². The number of rotatable bonds is 7. The standard InChI is InChI=1S/C16H11F2IN2O9S/c17-16(18,31(26,27)28)8-29-14(22)9-5-12(21(24)25)7-13(6-9)30-15(23)20-11-3-1-10(19)2-4-11/h1-7H,8H2,(H,20,23)(H,26,27,28)/p-1. The van der Waals surface area contributed by atoms with Gasteiger partial charge in [0.25, 0.3) is 5.69 Å². The van der Waals surface area contributed by atoms with Gasteiger partial charge in [0.15, 0.2) is 16.7 Å². The minimum atomic E-state index is -6.11. The van der Waals surface area contributed by atoms with E-state index >= 15 is 0 Å². The van der Waals surface area contributed by atoms with E-state index in [1.807, 2.05) is 22.6 Å². The van der Waals surface area contributed by atoms with Gasteiger partial charge in [0.1, 0.15) is 5.75 Å². The maximum atomic E-state index is 13.1. The second-order valence-electron chi connectivity index (χ2n) is 5.66. The SMILES string of the molecule is O=C(Nc1ccc(I)cc1)Oc1cc(C(=O)OCC(F)(F)S(=O)(=O)[O-])cc([N+](=O)[O-])c1. The van der Waals surface area contributed by atoms with Crippen molar-refractivity contribution >= 4 is 56.1 Å². The maximum Gasteiger partial charge on any atom is 0.417 e. The van der Waals surface area contributed by atoms with E-state index in [4.69, 9.17) is 4.74 Å².